The molecule has 0 saturated carbocycles. The summed E-state index contributed by atoms with van der Waals surface area (Å²) in [5.74, 6) is -0.116. The highest BCUT2D eigenvalue weighted by molar-refractivity contribution is 5.97. The van der Waals surface area contributed by atoms with Crippen molar-refractivity contribution in [1.82, 2.24) is 0 Å². The van der Waals surface area contributed by atoms with E-state index in [2.05, 4.69) is 19.2 Å². The fourth-order valence-electron chi connectivity index (χ4n) is 2.04. The van der Waals surface area contributed by atoms with E-state index in [0.29, 0.717) is 6.42 Å². The van der Waals surface area contributed by atoms with Crippen molar-refractivity contribution >= 4 is 24.0 Å². The molecule has 1 unspecified atom stereocenters. The van der Waals surface area contributed by atoms with Gasteiger partial charge in [-0.25, -0.2) is 0 Å². The minimum atomic E-state index is -0.800. The van der Waals surface area contributed by atoms with Crippen LogP contribution in [0.2, 0.25) is 0 Å². The van der Waals surface area contributed by atoms with Gasteiger partial charge < -0.3 is 11.1 Å². The van der Waals surface area contributed by atoms with Gasteiger partial charge in [-0.05, 0) is 49.9 Å². The summed E-state index contributed by atoms with van der Waals surface area (Å²) in [5.41, 5.74) is 8.54. The third-order valence-electron chi connectivity index (χ3n) is 3.28. The second-order valence-electron chi connectivity index (χ2n) is 5.12. The maximum Gasteiger partial charge on any atom is 0.244 e. The molecule has 0 fully saturated rings. The molecule has 1 atom stereocenters. The van der Waals surface area contributed by atoms with Gasteiger partial charge >= 0.3 is 0 Å². The molecule has 4 heteroatoms. The number of halogens is 1. The predicted molar refractivity (Wildman–Crippen MR) is 83.9 cm³/mol. The molecule has 0 saturated heterocycles. The molecule has 0 aliphatic carbocycles. The SMILES string of the molecule is CCCC(C)(N)C(=O)Nc1ccc(C)c(CC)c1.Cl. The Bertz CT molecular complexity index is 430. The normalized spacial score (nSPS) is 13.3. The van der Waals surface area contributed by atoms with Gasteiger partial charge in [0.1, 0.15) is 0 Å². The highest BCUT2D eigenvalue weighted by Crippen LogP contribution is 2.18. The summed E-state index contributed by atoms with van der Waals surface area (Å²) in [6.07, 6.45) is 2.55. The molecule has 1 amide bonds. The number of hydrogen-bond donors (Lipinski definition) is 2. The average molecular weight is 285 g/mol. The molecule has 108 valence electrons. The van der Waals surface area contributed by atoms with Gasteiger partial charge in [-0.2, -0.15) is 0 Å². The zero-order chi connectivity index (χ0) is 13.8. The third kappa shape index (κ3) is 4.84. The number of anilines is 1. The van der Waals surface area contributed by atoms with E-state index >= 15 is 0 Å². The molecule has 0 aliphatic rings. The van der Waals surface area contributed by atoms with Crippen molar-refractivity contribution in [1.29, 1.82) is 0 Å². The quantitative estimate of drug-likeness (QED) is 0.870. The maximum atomic E-state index is 12.1. The van der Waals surface area contributed by atoms with Gasteiger partial charge in [-0.3, -0.25) is 4.79 Å². The third-order valence-corrected chi connectivity index (χ3v) is 3.28. The number of nitrogens with two attached hydrogens (primary N) is 1. The van der Waals surface area contributed by atoms with E-state index in [1.165, 1.54) is 11.1 Å². The van der Waals surface area contributed by atoms with Crippen molar-refractivity contribution in [2.24, 2.45) is 5.73 Å². The summed E-state index contributed by atoms with van der Waals surface area (Å²) in [6, 6.07) is 5.98. The van der Waals surface area contributed by atoms with Crippen LogP contribution < -0.4 is 11.1 Å². The number of hydrogen-bond acceptors (Lipinski definition) is 2. The van der Waals surface area contributed by atoms with Crippen LogP contribution in [0.3, 0.4) is 0 Å². The summed E-state index contributed by atoms with van der Waals surface area (Å²) in [6.45, 7) is 7.99. The predicted octanol–water partition coefficient (Wildman–Crippen LogP) is 3.44. The number of carbonyl (C=O) groups is 1. The van der Waals surface area contributed by atoms with E-state index < -0.39 is 5.54 Å². The lowest BCUT2D eigenvalue weighted by molar-refractivity contribution is -0.120. The minimum Gasteiger partial charge on any atom is -0.324 e. The fourth-order valence-corrected chi connectivity index (χ4v) is 2.04. The van der Waals surface area contributed by atoms with E-state index in [1.54, 1.807) is 6.92 Å². The lowest BCUT2D eigenvalue weighted by Gasteiger charge is -2.23. The summed E-state index contributed by atoms with van der Waals surface area (Å²) in [4.78, 5) is 12.1. The van der Waals surface area contributed by atoms with E-state index in [9.17, 15) is 4.79 Å². The molecule has 3 N–H and O–H groups in total. The Kier molecular flexibility index (Phi) is 7.09. The van der Waals surface area contributed by atoms with Crippen molar-refractivity contribution < 1.29 is 4.79 Å². The second kappa shape index (κ2) is 7.51. The molecule has 1 aromatic rings. The number of benzene rings is 1. The molecular formula is C15H25ClN2O. The van der Waals surface area contributed by atoms with Crippen LogP contribution in [-0.4, -0.2) is 11.4 Å². The van der Waals surface area contributed by atoms with E-state index in [4.69, 9.17) is 5.73 Å². The topological polar surface area (TPSA) is 55.1 Å². The maximum absolute atomic E-state index is 12.1. The van der Waals surface area contributed by atoms with Gasteiger partial charge in [-0.1, -0.05) is 26.3 Å². The van der Waals surface area contributed by atoms with Crippen molar-refractivity contribution in [2.75, 3.05) is 5.32 Å². The highest BCUT2D eigenvalue weighted by atomic mass is 35.5. The van der Waals surface area contributed by atoms with E-state index in [-0.39, 0.29) is 18.3 Å². The summed E-state index contributed by atoms with van der Waals surface area (Å²) < 4.78 is 0. The van der Waals surface area contributed by atoms with Crippen LogP contribution in [-0.2, 0) is 11.2 Å². The van der Waals surface area contributed by atoms with Crippen molar-refractivity contribution in [3.05, 3.63) is 29.3 Å². The first-order chi connectivity index (χ1) is 8.40. The standard InChI is InChI=1S/C15H24N2O.ClH/c1-5-9-15(4,16)14(18)17-13-8-7-11(3)12(6-2)10-13;/h7-8,10H,5-6,9,16H2,1-4H3,(H,17,18);1H. The second-order valence-corrected chi connectivity index (χ2v) is 5.12. The first-order valence-corrected chi connectivity index (χ1v) is 6.60. The molecule has 0 spiro atoms. The molecule has 3 nitrogen and oxygen atoms in total. The summed E-state index contributed by atoms with van der Waals surface area (Å²) in [5, 5.41) is 2.90. The Hall–Kier alpha value is -1.06. The Morgan fingerprint density at radius 2 is 2.00 bits per heavy atom. The van der Waals surface area contributed by atoms with Crippen LogP contribution in [0.4, 0.5) is 5.69 Å². The lowest BCUT2D eigenvalue weighted by Crippen LogP contribution is -2.48. The van der Waals surface area contributed by atoms with Crippen LogP contribution in [0, 0.1) is 6.92 Å². The van der Waals surface area contributed by atoms with Gasteiger partial charge in [0.2, 0.25) is 5.91 Å². The minimum absolute atomic E-state index is 0. The Morgan fingerprint density at radius 1 is 1.37 bits per heavy atom. The number of carbonyl (C=O) groups excluding carboxylic acids is 1. The molecule has 0 heterocycles. The molecule has 1 rings (SSSR count). The van der Waals surface area contributed by atoms with Crippen LogP contribution in [0.5, 0.6) is 0 Å². The smallest absolute Gasteiger partial charge is 0.244 e. The number of amides is 1. The van der Waals surface area contributed by atoms with Crippen molar-refractivity contribution in [2.45, 2.75) is 52.5 Å². The number of rotatable bonds is 5. The van der Waals surface area contributed by atoms with Crippen molar-refractivity contribution in [3.8, 4) is 0 Å². The van der Waals surface area contributed by atoms with Gasteiger partial charge in [0.05, 0.1) is 5.54 Å². The van der Waals surface area contributed by atoms with Crippen LogP contribution in [0.15, 0.2) is 18.2 Å². The van der Waals surface area contributed by atoms with Crippen LogP contribution in [0.25, 0.3) is 0 Å². The first kappa shape index (κ1) is 17.9. The zero-order valence-corrected chi connectivity index (χ0v) is 13.1. The van der Waals surface area contributed by atoms with Gasteiger partial charge in [0, 0.05) is 5.69 Å². The zero-order valence-electron chi connectivity index (χ0n) is 12.2. The largest absolute Gasteiger partial charge is 0.324 e. The molecule has 0 aliphatic heterocycles. The number of aryl methyl sites for hydroxylation is 2. The lowest BCUT2D eigenvalue weighted by atomic mass is 9.96. The van der Waals surface area contributed by atoms with E-state index in [1.807, 2.05) is 25.1 Å². The van der Waals surface area contributed by atoms with Gasteiger partial charge in [0.15, 0.2) is 0 Å². The Morgan fingerprint density at radius 3 is 2.53 bits per heavy atom. The van der Waals surface area contributed by atoms with Gasteiger partial charge in [0.25, 0.3) is 0 Å². The molecule has 1 aromatic carbocycles. The van der Waals surface area contributed by atoms with Crippen molar-refractivity contribution in [3.63, 3.8) is 0 Å². The Balaban J connectivity index is 0.00000324. The van der Waals surface area contributed by atoms with Gasteiger partial charge in [-0.15, -0.1) is 12.4 Å². The monoisotopic (exact) mass is 284 g/mol. The average Bonchev–Trinajstić information content (AvgIpc) is 2.31. The molecule has 0 radical (unpaired) electrons. The summed E-state index contributed by atoms with van der Waals surface area (Å²) in [7, 11) is 0. The highest BCUT2D eigenvalue weighted by Gasteiger charge is 2.27. The fraction of sp³-hybridized carbons (Fsp3) is 0.533. The Labute approximate surface area is 122 Å². The van der Waals surface area contributed by atoms with Crippen LogP contribution in [0.1, 0.15) is 44.7 Å². The molecule has 19 heavy (non-hydrogen) atoms. The molecular weight excluding hydrogens is 260 g/mol. The van der Waals surface area contributed by atoms with Crippen LogP contribution >= 0.6 is 12.4 Å². The number of nitrogens with one attached hydrogen (secondary N) is 1. The van der Waals surface area contributed by atoms with E-state index in [0.717, 1.165) is 18.5 Å². The summed E-state index contributed by atoms with van der Waals surface area (Å²) >= 11 is 0. The molecule has 0 aromatic heterocycles. The molecule has 0 bridgehead atoms. The first-order valence-electron chi connectivity index (χ1n) is 6.60.